The van der Waals surface area contributed by atoms with Crippen LogP contribution in [0, 0.1) is 0 Å². The van der Waals surface area contributed by atoms with Crippen LogP contribution in [0.15, 0.2) is 60.7 Å². The van der Waals surface area contributed by atoms with Crippen LogP contribution in [0.1, 0.15) is 42.1 Å². The van der Waals surface area contributed by atoms with Crippen molar-refractivity contribution in [3.8, 4) is 17.2 Å². The highest BCUT2D eigenvalue weighted by molar-refractivity contribution is 6.30. The van der Waals surface area contributed by atoms with E-state index >= 15 is 0 Å². The van der Waals surface area contributed by atoms with E-state index in [1.165, 1.54) is 16.7 Å². The van der Waals surface area contributed by atoms with Gasteiger partial charge in [0.25, 0.3) is 0 Å². The second-order valence-electron chi connectivity index (χ2n) is 7.49. The van der Waals surface area contributed by atoms with Gasteiger partial charge in [-0.3, -0.25) is 0 Å². The van der Waals surface area contributed by atoms with E-state index in [2.05, 4.69) is 29.6 Å². The second kappa shape index (κ2) is 10.1. The minimum Gasteiger partial charge on any atom is -0.490 e. The third-order valence-corrected chi connectivity index (χ3v) is 5.62. The third-order valence-electron chi connectivity index (χ3n) is 5.37. The molecule has 1 aliphatic rings. The summed E-state index contributed by atoms with van der Waals surface area (Å²) in [7, 11) is 0. The smallest absolute Gasteiger partial charge is 0.161 e. The minimum absolute atomic E-state index is 0.0812. The summed E-state index contributed by atoms with van der Waals surface area (Å²) in [4.78, 5) is 0. The first kappa shape index (κ1) is 21.5. The van der Waals surface area contributed by atoms with Crippen LogP contribution in [-0.2, 0) is 13.0 Å². The predicted octanol–water partition coefficient (Wildman–Crippen LogP) is 5.95. The Morgan fingerprint density at radius 1 is 0.903 bits per heavy atom. The quantitative estimate of drug-likeness (QED) is 0.472. The molecule has 0 aliphatic carbocycles. The van der Waals surface area contributed by atoms with Gasteiger partial charge in [0.15, 0.2) is 11.5 Å². The number of halogens is 1. The van der Waals surface area contributed by atoms with Gasteiger partial charge in [0, 0.05) is 11.6 Å². The van der Waals surface area contributed by atoms with E-state index in [-0.39, 0.29) is 6.04 Å². The topological polar surface area (TPSA) is 39.7 Å². The highest BCUT2D eigenvalue weighted by atomic mass is 35.5. The number of rotatable bonds is 8. The van der Waals surface area contributed by atoms with Crippen molar-refractivity contribution >= 4 is 11.6 Å². The Kier molecular flexibility index (Phi) is 7.00. The summed E-state index contributed by atoms with van der Waals surface area (Å²) in [6, 6.07) is 20.4. The average molecular weight is 438 g/mol. The summed E-state index contributed by atoms with van der Waals surface area (Å²) >= 11 is 5.97. The molecular formula is C26H28ClNO3. The first-order valence-corrected chi connectivity index (χ1v) is 11.2. The summed E-state index contributed by atoms with van der Waals surface area (Å²) in [6.07, 6.45) is 0.963. The minimum atomic E-state index is 0.0812. The van der Waals surface area contributed by atoms with Crippen molar-refractivity contribution in [2.75, 3.05) is 19.8 Å². The number of fused-ring (bicyclic) bond motifs is 1. The highest BCUT2D eigenvalue weighted by Crippen LogP contribution is 2.38. The zero-order valence-corrected chi connectivity index (χ0v) is 18.7. The van der Waals surface area contributed by atoms with Gasteiger partial charge < -0.3 is 19.5 Å². The summed E-state index contributed by atoms with van der Waals surface area (Å²) in [5.41, 5.74) is 4.78. The van der Waals surface area contributed by atoms with Crippen molar-refractivity contribution in [3.63, 3.8) is 0 Å². The molecule has 0 saturated heterocycles. The van der Waals surface area contributed by atoms with Gasteiger partial charge in [-0.25, -0.2) is 0 Å². The molecule has 0 amide bonds. The fraction of sp³-hybridized carbons (Fsp3) is 0.308. The van der Waals surface area contributed by atoms with Crippen LogP contribution in [0.5, 0.6) is 17.2 Å². The van der Waals surface area contributed by atoms with Gasteiger partial charge in [0.2, 0.25) is 0 Å². The van der Waals surface area contributed by atoms with Crippen LogP contribution in [0.25, 0.3) is 0 Å². The molecule has 162 valence electrons. The maximum atomic E-state index is 6.05. The largest absolute Gasteiger partial charge is 0.490 e. The lowest BCUT2D eigenvalue weighted by Gasteiger charge is -2.29. The van der Waals surface area contributed by atoms with E-state index in [0.717, 1.165) is 40.8 Å². The normalized spacial score (nSPS) is 15.3. The fourth-order valence-electron chi connectivity index (χ4n) is 3.93. The first-order valence-electron chi connectivity index (χ1n) is 10.8. The maximum Gasteiger partial charge on any atom is 0.161 e. The lowest BCUT2D eigenvalue weighted by Crippen LogP contribution is -2.30. The van der Waals surface area contributed by atoms with Crippen molar-refractivity contribution in [1.29, 1.82) is 0 Å². The second-order valence-corrected chi connectivity index (χ2v) is 7.92. The number of benzene rings is 3. The molecule has 0 bridgehead atoms. The van der Waals surface area contributed by atoms with Gasteiger partial charge in [-0.2, -0.15) is 0 Å². The fourth-order valence-corrected chi connectivity index (χ4v) is 4.06. The monoisotopic (exact) mass is 437 g/mol. The molecule has 0 aromatic heterocycles. The van der Waals surface area contributed by atoms with Crippen molar-refractivity contribution in [3.05, 3.63) is 87.9 Å². The number of hydrogen-bond acceptors (Lipinski definition) is 4. The van der Waals surface area contributed by atoms with E-state index in [1.54, 1.807) is 0 Å². The van der Waals surface area contributed by atoms with Crippen LogP contribution in [0.3, 0.4) is 0 Å². The highest BCUT2D eigenvalue weighted by Gasteiger charge is 2.24. The van der Waals surface area contributed by atoms with E-state index in [1.807, 2.05) is 50.2 Å². The molecule has 0 spiro atoms. The van der Waals surface area contributed by atoms with Gasteiger partial charge in [-0.15, -0.1) is 0 Å². The van der Waals surface area contributed by atoms with Crippen LogP contribution in [-0.4, -0.2) is 19.8 Å². The molecule has 1 unspecified atom stereocenters. The van der Waals surface area contributed by atoms with Crippen molar-refractivity contribution in [2.45, 2.75) is 32.9 Å². The molecule has 4 rings (SSSR count). The standard InChI is InChI=1S/C26H28ClNO3/c1-3-29-24-15-19-12-13-28-26(23(19)16-25(24)30-4-2)20-6-5-7-22(14-20)31-17-18-8-10-21(27)11-9-18/h5-11,14-16,26,28H,3-4,12-13,17H2,1-2H3. The van der Waals surface area contributed by atoms with Gasteiger partial charge in [-0.05, 0) is 78.9 Å². The molecule has 31 heavy (non-hydrogen) atoms. The van der Waals surface area contributed by atoms with E-state index in [4.69, 9.17) is 25.8 Å². The lowest BCUT2D eigenvalue weighted by atomic mass is 9.89. The third kappa shape index (κ3) is 5.15. The lowest BCUT2D eigenvalue weighted by molar-refractivity contribution is 0.286. The summed E-state index contributed by atoms with van der Waals surface area (Å²) in [5.74, 6) is 2.47. The molecule has 1 heterocycles. The molecule has 1 N–H and O–H groups in total. The van der Waals surface area contributed by atoms with Crippen LogP contribution >= 0.6 is 11.6 Å². The Morgan fingerprint density at radius 2 is 1.65 bits per heavy atom. The van der Waals surface area contributed by atoms with Crippen LogP contribution in [0.4, 0.5) is 0 Å². The van der Waals surface area contributed by atoms with E-state index in [9.17, 15) is 0 Å². The number of nitrogens with one attached hydrogen (secondary N) is 1. The van der Waals surface area contributed by atoms with Gasteiger partial charge in [0.1, 0.15) is 12.4 Å². The molecule has 0 fully saturated rings. The summed E-state index contributed by atoms with van der Waals surface area (Å²) < 4.78 is 17.7. The Morgan fingerprint density at radius 3 is 2.39 bits per heavy atom. The maximum absolute atomic E-state index is 6.05. The van der Waals surface area contributed by atoms with Crippen molar-refractivity contribution < 1.29 is 14.2 Å². The van der Waals surface area contributed by atoms with E-state index in [0.29, 0.717) is 19.8 Å². The molecule has 0 saturated carbocycles. The first-order chi connectivity index (χ1) is 15.2. The van der Waals surface area contributed by atoms with Crippen LogP contribution in [0.2, 0.25) is 5.02 Å². The molecule has 4 nitrogen and oxygen atoms in total. The van der Waals surface area contributed by atoms with E-state index < -0.39 is 0 Å². The van der Waals surface area contributed by atoms with Gasteiger partial charge in [0.05, 0.1) is 19.3 Å². The predicted molar refractivity (Wildman–Crippen MR) is 125 cm³/mol. The molecule has 5 heteroatoms. The average Bonchev–Trinajstić information content (AvgIpc) is 2.79. The zero-order chi connectivity index (χ0) is 21.6. The molecule has 1 aliphatic heterocycles. The Bertz CT molecular complexity index is 1020. The summed E-state index contributed by atoms with van der Waals surface area (Å²) in [6.45, 7) is 6.62. The Balaban J connectivity index is 1.58. The van der Waals surface area contributed by atoms with Gasteiger partial charge >= 0.3 is 0 Å². The number of hydrogen-bond donors (Lipinski definition) is 1. The van der Waals surface area contributed by atoms with Crippen molar-refractivity contribution in [2.24, 2.45) is 0 Å². The molecule has 0 radical (unpaired) electrons. The van der Waals surface area contributed by atoms with Crippen LogP contribution < -0.4 is 19.5 Å². The van der Waals surface area contributed by atoms with Gasteiger partial charge in [-0.1, -0.05) is 35.9 Å². The zero-order valence-electron chi connectivity index (χ0n) is 18.0. The molecule has 3 aromatic rings. The Labute approximate surface area is 189 Å². The molecule has 1 atom stereocenters. The summed E-state index contributed by atoms with van der Waals surface area (Å²) in [5, 5.41) is 4.38. The Hall–Kier alpha value is -2.69. The molecular weight excluding hydrogens is 410 g/mol. The van der Waals surface area contributed by atoms with Crippen molar-refractivity contribution in [1.82, 2.24) is 5.32 Å². The SMILES string of the molecule is CCOc1cc2c(cc1OCC)C(c1cccc(OCc3ccc(Cl)cc3)c1)NCC2. The molecule has 3 aromatic carbocycles. The number of ether oxygens (including phenoxy) is 3.